The second-order valence-electron chi connectivity index (χ2n) is 8.63. The van der Waals surface area contributed by atoms with Gasteiger partial charge >= 0.3 is 0 Å². The van der Waals surface area contributed by atoms with Crippen LogP contribution in [0.2, 0.25) is 0 Å². The Labute approximate surface area is 214 Å². The second-order valence-corrected chi connectivity index (χ2v) is 9.55. The third-order valence-corrected chi connectivity index (χ3v) is 7.22. The van der Waals surface area contributed by atoms with Crippen molar-refractivity contribution in [2.75, 3.05) is 31.1 Å². The number of amides is 1. The van der Waals surface area contributed by atoms with Gasteiger partial charge in [-0.05, 0) is 60.0 Å². The molecule has 0 bridgehead atoms. The summed E-state index contributed by atoms with van der Waals surface area (Å²) in [6.07, 6.45) is 1.57. The maximum atomic E-state index is 13.5. The summed E-state index contributed by atoms with van der Waals surface area (Å²) in [4.78, 5) is 30.7. The SMILES string of the molecule is O=C(Cn1nc(-c2ccc(F)cc2)nc1-c1ccc(F)cc1)N1CCN(c2ncnc3ccsc23)CC1. The molecule has 2 aromatic carbocycles. The fourth-order valence-electron chi connectivity index (χ4n) is 4.38. The third kappa shape index (κ3) is 4.65. The first kappa shape index (κ1) is 23.2. The van der Waals surface area contributed by atoms with Crippen LogP contribution in [-0.4, -0.2) is 61.7 Å². The van der Waals surface area contributed by atoms with Crippen molar-refractivity contribution < 1.29 is 13.6 Å². The Hall–Kier alpha value is -4.25. The van der Waals surface area contributed by atoms with Gasteiger partial charge in [0.05, 0.1) is 10.2 Å². The smallest absolute Gasteiger partial charge is 0.244 e. The van der Waals surface area contributed by atoms with Crippen LogP contribution in [0.1, 0.15) is 0 Å². The van der Waals surface area contributed by atoms with Crippen LogP contribution in [0.4, 0.5) is 14.6 Å². The molecule has 0 radical (unpaired) electrons. The molecular weight excluding hydrogens is 496 g/mol. The molecule has 11 heteroatoms. The van der Waals surface area contributed by atoms with Crippen molar-refractivity contribution in [1.82, 2.24) is 29.6 Å². The zero-order chi connectivity index (χ0) is 25.4. The van der Waals surface area contributed by atoms with Gasteiger partial charge in [0.1, 0.15) is 30.3 Å². The maximum absolute atomic E-state index is 13.5. The number of halogens is 2. The van der Waals surface area contributed by atoms with Crippen LogP contribution in [-0.2, 0) is 11.3 Å². The fraction of sp³-hybridized carbons (Fsp3) is 0.192. The number of benzene rings is 2. The molecule has 4 heterocycles. The van der Waals surface area contributed by atoms with Gasteiger partial charge < -0.3 is 9.80 Å². The lowest BCUT2D eigenvalue weighted by atomic mass is 10.2. The molecule has 8 nitrogen and oxygen atoms in total. The van der Waals surface area contributed by atoms with E-state index in [-0.39, 0.29) is 24.1 Å². The minimum atomic E-state index is -0.369. The van der Waals surface area contributed by atoms with Crippen molar-refractivity contribution in [1.29, 1.82) is 0 Å². The molecule has 0 N–H and O–H groups in total. The Morgan fingerprint density at radius 3 is 2.24 bits per heavy atom. The first-order chi connectivity index (χ1) is 18.0. The van der Waals surface area contributed by atoms with E-state index in [1.165, 1.54) is 28.9 Å². The molecule has 5 aromatic rings. The van der Waals surface area contributed by atoms with Crippen LogP contribution in [0, 0.1) is 11.6 Å². The second kappa shape index (κ2) is 9.66. The number of thiophene rings is 1. The van der Waals surface area contributed by atoms with Crippen LogP contribution in [0.5, 0.6) is 0 Å². The summed E-state index contributed by atoms with van der Waals surface area (Å²) in [6, 6.07) is 13.7. The van der Waals surface area contributed by atoms with Crippen molar-refractivity contribution in [3.05, 3.63) is 77.9 Å². The summed E-state index contributed by atoms with van der Waals surface area (Å²) in [5.74, 6) is 0.866. The van der Waals surface area contributed by atoms with Gasteiger partial charge in [0, 0.05) is 37.3 Å². The van der Waals surface area contributed by atoms with E-state index in [4.69, 9.17) is 0 Å². The molecule has 1 aliphatic heterocycles. The van der Waals surface area contributed by atoms with E-state index in [1.807, 2.05) is 11.4 Å². The van der Waals surface area contributed by atoms with E-state index in [1.54, 1.807) is 46.8 Å². The highest BCUT2D eigenvalue weighted by molar-refractivity contribution is 7.17. The van der Waals surface area contributed by atoms with Gasteiger partial charge in [0.2, 0.25) is 5.91 Å². The van der Waals surface area contributed by atoms with Crippen LogP contribution >= 0.6 is 11.3 Å². The van der Waals surface area contributed by atoms with E-state index in [0.717, 1.165) is 16.0 Å². The van der Waals surface area contributed by atoms with Gasteiger partial charge in [-0.25, -0.2) is 28.4 Å². The minimum absolute atomic E-state index is 0.0242. The molecule has 0 saturated carbocycles. The Morgan fingerprint density at radius 1 is 0.865 bits per heavy atom. The number of carbonyl (C=O) groups excluding carboxylic acids is 1. The highest BCUT2D eigenvalue weighted by Gasteiger charge is 2.25. The molecule has 3 aromatic heterocycles. The Bertz CT molecular complexity index is 1560. The number of nitrogens with zero attached hydrogens (tertiary/aromatic N) is 7. The third-order valence-electron chi connectivity index (χ3n) is 6.32. The number of aromatic nitrogens is 5. The highest BCUT2D eigenvalue weighted by Crippen LogP contribution is 2.29. The molecule has 6 rings (SSSR count). The van der Waals surface area contributed by atoms with Gasteiger partial charge in [-0.15, -0.1) is 16.4 Å². The van der Waals surface area contributed by atoms with Crippen LogP contribution < -0.4 is 4.90 Å². The number of rotatable bonds is 5. The van der Waals surface area contributed by atoms with E-state index in [0.29, 0.717) is 49.0 Å². The van der Waals surface area contributed by atoms with Crippen molar-refractivity contribution in [3.8, 4) is 22.8 Å². The van der Waals surface area contributed by atoms with Gasteiger partial charge in [-0.2, -0.15) is 0 Å². The van der Waals surface area contributed by atoms with Crippen LogP contribution in [0.3, 0.4) is 0 Å². The molecule has 1 saturated heterocycles. The topological polar surface area (TPSA) is 80.0 Å². The fourth-order valence-corrected chi connectivity index (χ4v) is 5.24. The normalized spacial score (nSPS) is 13.9. The first-order valence-corrected chi connectivity index (χ1v) is 12.6. The summed E-state index contributed by atoms with van der Waals surface area (Å²) >= 11 is 1.61. The summed E-state index contributed by atoms with van der Waals surface area (Å²) in [5, 5.41) is 6.55. The standard InChI is InChI=1S/C26H21F2N7OS/c27-19-5-1-17(2-6-19)24-31-25(18-3-7-20(28)8-4-18)35(32-24)15-22(36)33-10-12-34(13-11-33)26-23-21(9-14-37-23)29-16-30-26/h1-9,14,16H,10-13,15H2. The quantitative estimate of drug-likeness (QED) is 0.347. The monoisotopic (exact) mass is 517 g/mol. The van der Waals surface area contributed by atoms with Crippen molar-refractivity contribution in [3.63, 3.8) is 0 Å². The summed E-state index contributed by atoms with van der Waals surface area (Å²) in [7, 11) is 0. The van der Waals surface area contributed by atoms with Gasteiger partial charge in [0.15, 0.2) is 11.6 Å². The lowest BCUT2D eigenvalue weighted by Crippen LogP contribution is -2.50. The number of fused-ring (bicyclic) bond motifs is 1. The molecule has 0 unspecified atom stereocenters. The summed E-state index contributed by atoms with van der Waals surface area (Å²) in [6.45, 7) is 2.36. The number of hydrogen-bond donors (Lipinski definition) is 0. The molecule has 0 atom stereocenters. The largest absolute Gasteiger partial charge is 0.352 e. The van der Waals surface area contributed by atoms with Gasteiger partial charge in [-0.1, -0.05) is 0 Å². The highest BCUT2D eigenvalue weighted by atomic mass is 32.1. The molecule has 1 amide bonds. The van der Waals surface area contributed by atoms with Crippen LogP contribution in [0.15, 0.2) is 66.3 Å². The van der Waals surface area contributed by atoms with Crippen molar-refractivity contribution in [2.45, 2.75) is 6.54 Å². The molecule has 0 aliphatic carbocycles. The lowest BCUT2D eigenvalue weighted by Gasteiger charge is -2.35. The van der Waals surface area contributed by atoms with Gasteiger partial charge in [0.25, 0.3) is 0 Å². The molecular formula is C26H21F2N7OS. The van der Waals surface area contributed by atoms with Crippen molar-refractivity contribution >= 4 is 33.3 Å². The van der Waals surface area contributed by atoms with Crippen LogP contribution in [0.25, 0.3) is 33.0 Å². The Kier molecular flexibility index (Phi) is 6.05. The molecule has 1 aliphatic rings. The first-order valence-electron chi connectivity index (χ1n) is 11.7. The van der Waals surface area contributed by atoms with Gasteiger partial charge in [-0.3, -0.25) is 4.79 Å². The zero-order valence-electron chi connectivity index (χ0n) is 19.6. The molecule has 37 heavy (non-hydrogen) atoms. The van der Waals surface area contributed by atoms with E-state index in [2.05, 4.69) is 25.0 Å². The predicted octanol–water partition coefficient (Wildman–Crippen LogP) is 4.24. The predicted molar refractivity (Wildman–Crippen MR) is 137 cm³/mol. The molecule has 186 valence electrons. The maximum Gasteiger partial charge on any atom is 0.244 e. The van der Waals surface area contributed by atoms with E-state index < -0.39 is 0 Å². The Balaban J connectivity index is 1.22. The lowest BCUT2D eigenvalue weighted by molar-refractivity contribution is -0.132. The Morgan fingerprint density at radius 2 is 1.54 bits per heavy atom. The average molecular weight is 518 g/mol. The number of carbonyl (C=O) groups is 1. The summed E-state index contributed by atoms with van der Waals surface area (Å²) < 4.78 is 29.5. The number of piperazine rings is 1. The molecule has 1 fully saturated rings. The zero-order valence-corrected chi connectivity index (χ0v) is 20.4. The number of anilines is 1. The van der Waals surface area contributed by atoms with Crippen molar-refractivity contribution in [2.24, 2.45) is 0 Å². The van der Waals surface area contributed by atoms with E-state index >= 15 is 0 Å². The minimum Gasteiger partial charge on any atom is -0.352 e. The number of hydrogen-bond acceptors (Lipinski definition) is 7. The summed E-state index contributed by atoms with van der Waals surface area (Å²) in [5.41, 5.74) is 2.17. The molecule has 0 spiro atoms. The van der Waals surface area contributed by atoms with E-state index in [9.17, 15) is 13.6 Å². The average Bonchev–Trinajstić information content (AvgIpc) is 3.57.